The quantitative estimate of drug-likeness (QED) is 0.385. The summed E-state index contributed by atoms with van der Waals surface area (Å²) in [6, 6.07) is 0. The zero-order chi connectivity index (χ0) is 10.7. The van der Waals surface area contributed by atoms with Gasteiger partial charge >= 0.3 is 17.4 Å². The maximum Gasteiger partial charge on any atom is 3.00 e. The Morgan fingerprint density at radius 3 is 0.538 bits per heavy atom. The van der Waals surface area contributed by atoms with Gasteiger partial charge in [-0.25, -0.2) is 0 Å². The second-order valence-corrected chi connectivity index (χ2v) is 0.671. The molecule has 1 radical (unpaired) electrons. The molecule has 0 unspecified atom stereocenters. The Kier molecular flexibility index (Phi) is 28.7. The van der Waals surface area contributed by atoms with E-state index in [1.165, 1.54) is 0 Å². The van der Waals surface area contributed by atoms with Gasteiger partial charge in [-0.15, -0.1) is 0 Å². The molecule has 0 aromatic rings. The molecule has 0 aliphatic heterocycles. The van der Waals surface area contributed by atoms with Gasteiger partial charge in [0.1, 0.15) is 0 Å². The molecule has 0 N–H and O–H groups in total. The zero-order valence-electron chi connectivity index (χ0n) is 5.42. The Hall–Kier alpha value is -1.87. The molecule has 0 rings (SSSR count). The van der Waals surface area contributed by atoms with Crippen LogP contribution in [0.2, 0.25) is 0 Å². The monoisotopic (exact) mass is 238 g/mol. The third kappa shape index (κ3) is 192. The van der Waals surface area contributed by atoms with Crippen molar-refractivity contribution in [1.82, 2.24) is 0 Å². The van der Waals surface area contributed by atoms with E-state index in [4.69, 9.17) is 46.0 Å². The number of rotatable bonds is 0. The summed E-state index contributed by atoms with van der Waals surface area (Å²) < 4.78 is 0. The van der Waals surface area contributed by atoms with E-state index in [0.717, 1.165) is 0 Å². The van der Waals surface area contributed by atoms with Crippen LogP contribution in [0, 0.1) is 46.0 Å². The van der Waals surface area contributed by atoms with E-state index in [1.807, 2.05) is 0 Å². The van der Waals surface area contributed by atoms with E-state index < -0.39 is 15.3 Å². The second-order valence-electron chi connectivity index (χ2n) is 0.671. The van der Waals surface area contributed by atoms with Gasteiger partial charge in [0.15, 0.2) is 0 Å². The zero-order valence-corrected chi connectivity index (χ0v) is 6.70. The maximum absolute atomic E-state index is 8.25. The van der Waals surface area contributed by atoms with Crippen LogP contribution < -0.4 is 0 Å². The Balaban J connectivity index is -0.0000000450. The summed E-state index contributed by atoms with van der Waals surface area (Å²) in [7, 11) is 0. The molecular weight excluding hydrogens is 238 g/mol. The van der Waals surface area contributed by atoms with E-state index in [9.17, 15) is 0 Å². The fraction of sp³-hybridized carbons (Fsp3) is 0. The molecule has 13 heavy (non-hydrogen) atoms. The molecule has 0 aromatic heterocycles. The molecule has 0 aromatic carbocycles. The molecule has 0 atom stereocenters. The van der Waals surface area contributed by atoms with Crippen molar-refractivity contribution in [3.05, 3.63) is 46.0 Å². The van der Waals surface area contributed by atoms with Crippen LogP contribution in [-0.2, 0) is 17.4 Å². The molecule has 12 nitrogen and oxygen atoms in total. The minimum Gasteiger partial charge on any atom is -0.356 e. The first-order chi connectivity index (χ1) is 5.20. The van der Waals surface area contributed by atoms with E-state index >= 15 is 0 Å². The average Bonchev–Trinajstić information content (AvgIpc) is 1.54. The Labute approximate surface area is 79.5 Å². The fourth-order valence-corrected chi connectivity index (χ4v) is 0. The molecular formula is CrN3O9. The van der Waals surface area contributed by atoms with Crippen molar-refractivity contribution in [2.45, 2.75) is 0 Å². The van der Waals surface area contributed by atoms with E-state index in [-0.39, 0.29) is 17.4 Å². The SMILES string of the molecule is O=[N+]([O-])[O-].O=[N+]([O-])[O-].O=[N+]([O-])[O-].[Cr+3]. The summed E-state index contributed by atoms with van der Waals surface area (Å²) in [5.74, 6) is 0. The van der Waals surface area contributed by atoms with Crippen molar-refractivity contribution < 1.29 is 32.6 Å². The molecule has 0 heterocycles. The minimum absolute atomic E-state index is 0. The molecule has 0 saturated carbocycles. The van der Waals surface area contributed by atoms with Gasteiger partial charge in [-0.2, -0.15) is 0 Å². The van der Waals surface area contributed by atoms with E-state index in [0.29, 0.717) is 0 Å². The Morgan fingerprint density at radius 2 is 0.538 bits per heavy atom. The van der Waals surface area contributed by atoms with Gasteiger partial charge in [-0.3, -0.25) is 0 Å². The van der Waals surface area contributed by atoms with Gasteiger partial charge in [0.2, 0.25) is 0 Å². The second kappa shape index (κ2) is 16.6. The summed E-state index contributed by atoms with van der Waals surface area (Å²) in [6.45, 7) is 0. The molecule has 75 valence electrons. The summed E-state index contributed by atoms with van der Waals surface area (Å²) in [5, 5.41) is 44.2. The van der Waals surface area contributed by atoms with Gasteiger partial charge in [0.05, 0.1) is 15.3 Å². The smallest absolute Gasteiger partial charge is 0.356 e. The topological polar surface area (TPSA) is 199 Å². The summed E-state index contributed by atoms with van der Waals surface area (Å²) in [4.78, 5) is 24.8. The summed E-state index contributed by atoms with van der Waals surface area (Å²) in [6.07, 6.45) is 0. The number of hydrogen-bond acceptors (Lipinski definition) is 9. The molecule has 0 bridgehead atoms. The van der Waals surface area contributed by atoms with Gasteiger partial charge < -0.3 is 46.0 Å². The van der Waals surface area contributed by atoms with Crippen LogP contribution in [0.25, 0.3) is 0 Å². The van der Waals surface area contributed by atoms with Gasteiger partial charge in [-0.1, -0.05) is 0 Å². The fourth-order valence-electron chi connectivity index (χ4n) is 0. The molecule has 0 saturated heterocycles. The van der Waals surface area contributed by atoms with Crippen molar-refractivity contribution in [2.24, 2.45) is 0 Å². The molecule has 0 amide bonds. The standard InChI is InChI=1S/Cr.3NO3/c;3*2-1(3)4/q+3;3*-1. The van der Waals surface area contributed by atoms with E-state index in [1.54, 1.807) is 0 Å². The Bertz CT molecular complexity index is 112. The van der Waals surface area contributed by atoms with Crippen molar-refractivity contribution in [3.8, 4) is 0 Å². The first kappa shape index (κ1) is 22.5. The first-order valence-electron chi connectivity index (χ1n) is 1.64. The van der Waals surface area contributed by atoms with Crippen molar-refractivity contribution in [3.63, 3.8) is 0 Å². The third-order valence-electron chi connectivity index (χ3n) is 0. The maximum atomic E-state index is 8.25. The third-order valence-corrected chi connectivity index (χ3v) is 0. The number of hydrogen-bond donors (Lipinski definition) is 0. The van der Waals surface area contributed by atoms with Crippen LogP contribution in [-0.4, -0.2) is 15.3 Å². The predicted octanol–water partition coefficient (Wildman–Crippen LogP) is -0.720. The van der Waals surface area contributed by atoms with Gasteiger partial charge in [-0.05, 0) is 0 Å². The van der Waals surface area contributed by atoms with Crippen LogP contribution in [0.15, 0.2) is 0 Å². The average molecular weight is 238 g/mol. The van der Waals surface area contributed by atoms with Gasteiger partial charge in [0.25, 0.3) is 0 Å². The van der Waals surface area contributed by atoms with Crippen molar-refractivity contribution >= 4 is 0 Å². The summed E-state index contributed by atoms with van der Waals surface area (Å²) in [5.41, 5.74) is 0. The predicted molar refractivity (Wildman–Crippen MR) is 31.1 cm³/mol. The summed E-state index contributed by atoms with van der Waals surface area (Å²) >= 11 is 0. The minimum atomic E-state index is -1.75. The molecule has 13 heteroatoms. The Morgan fingerprint density at radius 1 is 0.538 bits per heavy atom. The van der Waals surface area contributed by atoms with Crippen molar-refractivity contribution in [1.29, 1.82) is 0 Å². The van der Waals surface area contributed by atoms with Crippen LogP contribution in [0.3, 0.4) is 0 Å². The largest absolute Gasteiger partial charge is 3.00 e. The molecule has 0 aliphatic carbocycles. The van der Waals surface area contributed by atoms with Crippen LogP contribution in [0.4, 0.5) is 0 Å². The normalized spacial score (nSPS) is 5.54. The van der Waals surface area contributed by atoms with Crippen LogP contribution in [0.5, 0.6) is 0 Å². The molecule has 0 aliphatic rings. The molecule has 0 spiro atoms. The van der Waals surface area contributed by atoms with Crippen molar-refractivity contribution in [2.75, 3.05) is 0 Å². The van der Waals surface area contributed by atoms with E-state index in [2.05, 4.69) is 0 Å². The molecule has 0 fully saturated rings. The van der Waals surface area contributed by atoms with Gasteiger partial charge in [0, 0.05) is 0 Å². The first-order valence-corrected chi connectivity index (χ1v) is 1.64. The van der Waals surface area contributed by atoms with Crippen LogP contribution >= 0.6 is 0 Å². The number of nitrogens with zero attached hydrogens (tertiary/aromatic N) is 3. The van der Waals surface area contributed by atoms with Crippen LogP contribution in [0.1, 0.15) is 0 Å².